The van der Waals surface area contributed by atoms with E-state index in [0.717, 1.165) is 12.4 Å². The van der Waals surface area contributed by atoms with Gasteiger partial charge in [0.15, 0.2) is 0 Å². The molecule has 1 atom stereocenters. The Hall–Kier alpha value is -1.53. The first-order valence-electron chi connectivity index (χ1n) is 8.35. The molecule has 2 aromatic rings. The van der Waals surface area contributed by atoms with E-state index in [1.54, 1.807) is 17.5 Å². The fourth-order valence-electron chi connectivity index (χ4n) is 4.00. The van der Waals surface area contributed by atoms with Gasteiger partial charge in [0.1, 0.15) is 5.82 Å². The number of anilines is 1. The Morgan fingerprint density at radius 1 is 1.12 bits per heavy atom. The Morgan fingerprint density at radius 2 is 2.04 bits per heavy atom. The van der Waals surface area contributed by atoms with Gasteiger partial charge in [0.25, 0.3) is 5.92 Å². The summed E-state index contributed by atoms with van der Waals surface area (Å²) in [6.07, 6.45) is 2.20. The van der Waals surface area contributed by atoms with E-state index in [9.17, 15) is 8.78 Å². The number of alkyl halides is 2. The fraction of sp³-hybridized carbons (Fsp3) is 0.500. The summed E-state index contributed by atoms with van der Waals surface area (Å²) >= 11 is 1.66. The largest absolute Gasteiger partial charge is 0.356 e. The van der Waals surface area contributed by atoms with E-state index < -0.39 is 11.3 Å². The molecular formula is C18H21F2N3S. The lowest BCUT2D eigenvalue weighted by molar-refractivity contribution is -0.158. The second-order valence-electron chi connectivity index (χ2n) is 6.94. The van der Waals surface area contributed by atoms with E-state index in [1.165, 1.54) is 5.56 Å². The van der Waals surface area contributed by atoms with Crippen molar-refractivity contribution in [2.24, 2.45) is 5.41 Å². The molecule has 0 bridgehead atoms. The smallest absolute Gasteiger partial charge is 0.257 e. The van der Waals surface area contributed by atoms with E-state index in [2.05, 4.69) is 21.3 Å². The lowest BCUT2D eigenvalue weighted by atomic mass is 9.75. The Bertz CT molecular complexity index is 677. The lowest BCUT2D eigenvalue weighted by Gasteiger charge is -2.46. The molecule has 6 heteroatoms. The van der Waals surface area contributed by atoms with Crippen LogP contribution < -0.4 is 4.90 Å². The molecule has 2 aliphatic heterocycles. The first-order chi connectivity index (χ1) is 11.6. The van der Waals surface area contributed by atoms with Crippen LogP contribution in [0.3, 0.4) is 0 Å². The number of thiophene rings is 1. The third kappa shape index (κ3) is 2.82. The summed E-state index contributed by atoms with van der Waals surface area (Å²) in [4.78, 5) is 8.55. The lowest BCUT2D eigenvalue weighted by Crippen LogP contribution is -2.56. The maximum atomic E-state index is 14.8. The fourth-order valence-corrected chi connectivity index (χ4v) is 4.66. The van der Waals surface area contributed by atoms with Gasteiger partial charge in [0.05, 0.1) is 5.41 Å². The molecule has 0 aromatic carbocycles. The summed E-state index contributed by atoms with van der Waals surface area (Å²) in [5.74, 6) is -1.80. The molecule has 0 amide bonds. The Kier molecular flexibility index (Phi) is 4.04. The van der Waals surface area contributed by atoms with Crippen LogP contribution in [0.25, 0.3) is 0 Å². The zero-order valence-electron chi connectivity index (χ0n) is 13.5. The van der Waals surface area contributed by atoms with Gasteiger partial charge in [-0.25, -0.2) is 13.8 Å². The van der Waals surface area contributed by atoms with Crippen LogP contribution in [0.1, 0.15) is 18.4 Å². The number of hydrogen-bond acceptors (Lipinski definition) is 4. The number of hydrogen-bond donors (Lipinski definition) is 0. The van der Waals surface area contributed by atoms with Gasteiger partial charge in [0, 0.05) is 45.3 Å². The minimum atomic E-state index is -2.61. The van der Waals surface area contributed by atoms with Gasteiger partial charge >= 0.3 is 0 Å². The van der Waals surface area contributed by atoms with Crippen molar-refractivity contribution in [3.63, 3.8) is 0 Å². The number of rotatable bonds is 3. The number of likely N-dealkylation sites (tertiary alicyclic amines) is 1. The van der Waals surface area contributed by atoms with Gasteiger partial charge in [0.2, 0.25) is 0 Å². The normalized spacial score (nSPS) is 27.0. The van der Waals surface area contributed by atoms with Crippen LogP contribution in [-0.2, 0) is 6.54 Å². The van der Waals surface area contributed by atoms with E-state index in [1.807, 2.05) is 28.5 Å². The molecule has 2 fully saturated rings. The molecule has 0 aliphatic carbocycles. The van der Waals surface area contributed by atoms with Crippen molar-refractivity contribution in [2.75, 3.05) is 31.1 Å². The van der Waals surface area contributed by atoms with Crippen molar-refractivity contribution in [3.05, 3.63) is 46.8 Å². The molecule has 0 N–H and O–H groups in total. The van der Waals surface area contributed by atoms with Gasteiger partial charge < -0.3 is 4.90 Å². The number of aromatic nitrogens is 1. The van der Waals surface area contributed by atoms with Crippen molar-refractivity contribution >= 4 is 17.2 Å². The third-order valence-electron chi connectivity index (χ3n) is 5.36. The summed E-state index contributed by atoms with van der Waals surface area (Å²) in [5, 5.41) is 4.15. The summed E-state index contributed by atoms with van der Waals surface area (Å²) in [6.45, 7) is 2.73. The van der Waals surface area contributed by atoms with Crippen LogP contribution in [0.2, 0.25) is 0 Å². The Morgan fingerprint density at radius 3 is 2.79 bits per heavy atom. The molecule has 128 valence electrons. The van der Waals surface area contributed by atoms with Gasteiger partial charge in [-0.15, -0.1) is 0 Å². The Labute approximate surface area is 144 Å². The first kappa shape index (κ1) is 16.0. The van der Waals surface area contributed by atoms with Crippen LogP contribution in [0.15, 0.2) is 41.2 Å². The van der Waals surface area contributed by atoms with Gasteiger partial charge in [-0.05, 0) is 40.9 Å². The molecule has 4 rings (SSSR count). The second kappa shape index (κ2) is 6.08. The summed E-state index contributed by atoms with van der Waals surface area (Å²) in [7, 11) is 0. The molecule has 0 saturated carbocycles. The average molecular weight is 349 g/mol. The summed E-state index contributed by atoms with van der Waals surface area (Å²) in [6, 6.07) is 7.75. The van der Waals surface area contributed by atoms with Crippen molar-refractivity contribution in [3.8, 4) is 0 Å². The number of halogens is 2. The number of nitrogens with zero attached hydrogens (tertiary/aromatic N) is 3. The van der Waals surface area contributed by atoms with Gasteiger partial charge in [-0.1, -0.05) is 6.07 Å². The number of pyridine rings is 1. The average Bonchev–Trinajstić information content (AvgIpc) is 3.23. The molecule has 2 aliphatic rings. The molecular weight excluding hydrogens is 328 g/mol. The predicted molar refractivity (Wildman–Crippen MR) is 92.7 cm³/mol. The van der Waals surface area contributed by atoms with E-state index in [0.29, 0.717) is 32.6 Å². The minimum Gasteiger partial charge on any atom is -0.356 e. The Balaban J connectivity index is 1.53. The van der Waals surface area contributed by atoms with Gasteiger partial charge in [-0.3, -0.25) is 4.90 Å². The molecule has 1 spiro atoms. The van der Waals surface area contributed by atoms with Crippen molar-refractivity contribution in [1.29, 1.82) is 0 Å². The SMILES string of the molecule is FC1(F)CCN(Cc2ccsc2)CC12CCN(c1ccccn1)C2. The van der Waals surface area contributed by atoms with Crippen molar-refractivity contribution in [2.45, 2.75) is 25.3 Å². The maximum absolute atomic E-state index is 14.8. The van der Waals surface area contributed by atoms with Crippen molar-refractivity contribution in [1.82, 2.24) is 9.88 Å². The van der Waals surface area contributed by atoms with Crippen LogP contribution >= 0.6 is 11.3 Å². The number of piperidine rings is 1. The standard InChI is InChI=1S/C18H21F2N3S/c19-18(20)6-8-22(11-15-4-10-24-12-15)13-17(18)5-9-23(14-17)16-3-1-2-7-21-16/h1-4,7,10,12H,5-6,8-9,11,13-14H2. The summed E-state index contributed by atoms with van der Waals surface area (Å²) < 4.78 is 29.7. The van der Waals surface area contributed by atoms with Crippen LogP contribution in [-0.4, -0.2) is 42.0 Å². The topological polar surface area (TPSA) is 19.4 Å². The predicted octanol–water partition coefficient (Wildman–Crippen LogP) is 3.88. The zero-order valence-corrected chi connectivity index (χ0v) is 14.3. The highest BCUT2D eigenvalue weighted by Gasteiger charge is 2.59. The molecule has 2 saturated heterocycles. The monoisotopic (exact) mass is 349 g/mol. The molecule has 2 aromatic heterocycles. The maximum Gasteiger partial charge on any atom is 0.257 e. The quantitative estimate of drug-likeness (QED) is 0.838. The minimum absolute atomic E-state index is 0.0484. The van der Waals surface area contributed by atoms with Crippen molar-refractivity contribution < 1.29 is 8.78 Å². The highest BCUT2D eigenvalue weighted by Crippen LogP contribution is 2.50. The highest BCUT2D eigenvalue weighted by atomic mass is 32.1. The molecule has 0 radical (unpaired) electrons. The molecule has 1 unspecified atom stereocenters. The van der Waals surface area contributed by atoms with Gasteiger partial charge in [-0.2, -0.15) is 11.3 Å². The van der Waals surface area contributed by atoms with Crippen LogP contribution in [0, 0.1) is 5.41 Å². The second-order valence-corrected chi connectivity index (χ2v) is 7.72. The third-order valence-corrected chi connectivity index (χ3v) is 6.09. The van der Waals surface area contributed by atoms with Crippen LogP contribution in [0.5, 0.6) is 0 Å². The van der Waals surface area contributed by atoms with E-state index >= 15 is 0 Å². The molecule has 24 heavy (non-hydrogen) atoms. The first-order valence-corrected chi connectivity index (χ1v) is 9.30. The molecule has 3 nitrogen and oxygen atoms in total. The van der Waals surface area contributed by atoms with Crippen LogP contribution in [0.4, 0.5) is 14.6 Å². The highest BCUT2D eigenvalue weighted by molar-refractivity contribution is 7.07. The van der Waals surface area contributed by atoms with E-state index in [-0.39, 0.29) is 6.42 Å². The molecule has 4 heterocycles. The van der Waals surface area contributed by atoms with E-state index in [4.69, 9.17) is 0 Å². The summed E-state index contributed by atoms with van der Waals surface area (Å²) in [5.41, 5.74) is 0.263. The zero-order chi connectivity index (χ0) is 16.6.